The topological polar surface area (TPSA) is 85.8 Å². The number of carbonyl (C=O) groups excluding carboxylic acids is 1. The minimum absolute atomic E-state index is 0.0563. The number of aromatic nitrogens is 3. The van der Waals surface area contributed by atoms with Gasteiger partial charge in [-0.15, -0.1) is 10.2 Å². The smallest absolute Gasteiger partial charge is 0.233 e. The second-order valence-electron chi connectivity index (χ2n) is 6.17. The van der Waals surface area contributed by atoms with Gasteiger partial charge in [0.25, 0.3) is 0 Å². The van der Waals surface area contributed by atoms with Crippen molar-refractivity contribution in [2.75, 3.05) is 5.84 Å². The maximum atomic E-state index is 12.3. The lowest BCUT2D eigenvalue weighted by Gasteiger charge is -2.26. The Kier molecular flexibility index (Phi) is 5.77. The maximum absolute atomic E-state index is 12.3. The van der Waals surface area contributed by atoms with Gasteiger partial charge in [-0.05, 0) is 39.3 Å². The Bertz CT molecular complexity index is 731. The average molecular weight is 368 g/mol. The molecule has 1 aromatic heterocycles. The van der Waals surface area contributed by atoms with Crippen LogP contribution < -0.4 is 11.2 Å². The highest BCUT2D eigenvalue weighted by Gasteiger charge is 2.24. The summed E-state index contributed by atoms with van der Waals surface area (Å²) in [6.45, 7) is 7.83. The third-order valence-corrected chi connectivity index (χ3v) is 5.04. The van der Waals surface area contributed by atoms with Gasteiger partial charge in [0, 0.05) is 16.1 Å². The van der Waals surface area contributed by atoms with E-state index in [9.17, 15) is 4.79 Å². The lowest BCUT2D eigenvalue weighted by Crippen LogP contribution is -2.46. The first kappa shape index (κ1) is 18.6. The molecule has 1 unspecified atom stereocenters. The Morgan fingerprint density at radius 1 is 1.46 bits per heavy atom. The van der Waals surface area contributed by atoms with Gasteiger partial charge < -0.3 is 11.2 Å². The number of amides is 1. The second kappa shape index (κ2) is 7.44. The van der Waals surface area contributed by atoms with Crippen LogP contribution >= 0.6 is 23.4 Å². The van der Waals surface area contributed by atoms with Crippen molar-refractivity contribution in [1.82, 2.24) is 20.2 Å². The highest BCUT2D eigenvalue weighted by atomic mass is 35.5. The van der Waals surface area contributed by atoms with E-state index in [4.69, 9.17) is 17.4 Å². The number of nitrogens with zero attached hydrogens (tertiary/aromatic N) is 3. The fourth-order valence-corrected chi connectivity index (χ4v) is 2.88. The van der Waals surface area contributed by atoms with Crippen molar-refractivity contribution < 1.29 is 4.79 Å². The van der Waals surface area contributed by atoms with Gasteiger partial charge in [-0.1, -0.05) is 42.4 Å². The number of nitrogens with two attached hydrogens (primary N) is 1. The molecule has 0 bridgehead atoms. The Morgan fingerprint density at radius 3 is 2.79 bits per heavy atom. The van der Waals surface area contributed by atoms with Crippen molar-refractivity contribution in [2.45, 2.75) is 50.1 Å². The van der Waals surface area contributed by atoms with Crippen LogP contribution in [0.1, 0.15) is 34.1 Å². The number of carbonyl (C=O) groups is 1. The van der Waals surface area contributed by atoms with Gasteiger partial charge in [-0.2, -0.15) is 0 Å². The number of hydrogen-bond donors (Lipinski definition) is 2. The molecule has 1 heterocycles. The summed E-state index contributed by atoms with van der Waals surface area (Å²) in [7, 11) is 0. The summed E-state index contributed by atoms with van der Waals surface area (Å²) in [6.07, 6.45) is 0.849. The largest absolute Gasteiger partial charge is 0.350 e. The molecule has 0 radical (unpaired) electrons. The molecule has 6 nitrogen and oxygen atoms in total. The predicted molar refractivity (Wildman–Crippen MR) is 98.5 cm³/mol. The molecule has 1 aromatic carbocycles. The van der Waals surface area contributed by atoms with Gasteiger partial charge in [0.1, 0.15) is 0 Å². The van der Waals surface area contributed by atoms with Gasteiger partial charge in [0.15, 0.2) is 5.82 Å². The van der Waals surface area contributed by atoms with Crippen LogP contribution in [-0.2, 0) is 4.79 Å². The van der Waals surface area contributed by atoms with Crippen LogP contribution in [0.15, 0.2) is 29.4 Å². The first-order valence-electron chi connectivity index (χ1n) is 7.68. The Morgan fingerprint density at radius 2 is 2.17 bits per heavy atom. The fourth-order valence-electron chi connectivity index (χ4n) is 1.92. The van der Waals surface area contributed by atoms with Crippen LogP contribution in [0.2, 0.25) is 5.02 Å². The van der Waals surface area contributed by atoms with E-state index in [-0.39, 0.29) is 16.7 Å². The average Bonchev–Trinajstić information content (AvgIpc) is 2.88. The summed E-state index contributed by atoms with van der Waals surface area (Å²) in [5, 5.41) is 11.9. The standard InChI is InChI=1S/C16H22ClN5OS/c1-5-16(3,4)19-14(23)10(2)24-15-21-20-13(22(15)18)11-7-6-8-12(17)9-11/h6-10H,5,18H2,1-4H3,(H,19,23). The highest BCUT2D eigenvalue weighted by molar-refractivity contribution is 8.00. The summed E-state index contributed by atoms with van der Waals surface area (Å²) >= 11 is 7.27. The van der Waals surface area contributed by atoms with Crippen molar-refractivity contribution in [3.05, 3.63) is 29.3 Å². The van der Waals surface area contributed by atoms with Crippen LogP contribution in [0.4, 0.5) is 0 Å². The van der Waals surface area contributed by atoms with E-state index >= 15 is 0 Å². The van der Waals surface area contributed by atoms with Crippen LogP contribution in [0.3, 0.4) is 0 Å². The molecule has 8 heteroatoms. The van der Waals surface area contributed by atoms with Gasteiger partial charge in [0.2, 0.25) is 11.1 Å². The van der Waals surface area contributed by atoms with Crippen LogP contribution in [0.25, 0.3) is 11.4 Å². The summed E-state index contributed by atoms with van der Waals surface area (Å²) in [5.74, 6) is 6.53. The van der Waals surface area contributed by atoms with E-state index < -0.39 is 0 Å². The fraction of sp³-hybridized carbons (Fsp3) is 0.438. The van der Waals surface area contributed by atoms with Gasteiger partial charge >= 0.3 is 0 Å². The van der Waals surface area contributed by atoms with Gasteiger partial charge in [-0.25, -0.2) is 4.68 Å². The highest BCUT2D eigenvalue weighted by Crippen LogP contribution is 2.26. The normalized spacial score (nSPS) is 12.9. The first-order valence-corrected chi connectivity index (χ1v) is 8.94. The van der Waals surface area contributed by atoms with E-state index in [1.807, 2.05) is 39.8 Å². The SMILES string of the molecule is CCC(C)(C)NC(=O)C(C)Sc1nnc(-c2cccc(Cl)c2)n1N. The van der Waals surface area contributed by atoms with Gasteiger partial charge in [0.05, 0.1) is 5.25 Å². The molecule has 0 saturated heterocycles. The molecule has 3 N–H and O–H groups in total. The van der Waals surface area contributed by atoms with E-state index in [0.29, 0.717) is 16.0 Å². The molecule has 0 aliphatic rings. The number of benzene rings is 1. The Hall–Kier alpha value is -1.73. The molecular weight excluding hydrogens is 346 g/mol. The minimum Gasteiger partial charge on any atom is -0.350 e. The number of thioether (sulfide) groups is 1. The third-order valence-electron chi connectivity index (χ3n) is 3.74. The minimum atomic E-state index is -0.338. The van der Waals surface area contributed by atoms with Crippen molar-refractivity contribution >= 4 is 29.3 Å². The molecule has 0 saturated carbocycles. The molecular formula is C16H22ClN5OS. The monoisotopic (exact) mass is 367 g/mol. The molecule has 0 fully saturated rings. The van der Waals surface area contributed by atoms with Crippen LogP contribution in [0.5, 0.6) is 0 Å². The van der Waals surface area contributed by atoms with Crippen molar-refractivity contribution in [1.29, 1.82) is 0 Å². The predicted octanol–water partition coefficient (Wildman–Crippen LogP) is 3.10. The summed E-state index contributed by atoms with van der Waals surface area (Å²) in [4.78, 5) is 12.3. The number of nitrogens with one attached hydrogen (secondary N) is 1. The van der Waals surface area contributed by atoms with Crippen LogP contribution in [0, 0.1) is 0 Å². The van der Waals surface area contributed by atoms with Crippen molar-refractivity contribution in [3.8, 4) is 11.4 Å². The summed E-state index contributed by atoms with van der Waals surface area (Å²) < 4.78 is 1.38. The molecule has 2 rings (SSSR count). The quantitative estimate of drug-likeness (QED) is 0.605. The zero-order chi connectivity index (χ0) is 17.9. The molecule has 0 spiro atoms. The lowest BCUT2D eigenvalue weighted by atomic mass is 10.0. The van der Waals surface area contributed by atoms with E-state index in [1.54, 1.807) is 12.1 Å². The molecule has 130 valence electrons. The Balaban J connectivity index is 2.13. The molecule has 24 heavy (non-hydrogen) atoms. The molecule has 0 aliphatic heterocycles. The van der Waals surface area contributed by atoms with E-state index in [0.717, 1.165) is 12.0 Å². The lowest BCUT2D eigenvalue weighted by molar-refractivity contribution is -0.121. The first-order chi connectivity index (χ1) is 11.2. The second-order valence-corrected chi connectivity index (χ2v) is 7.92. The van der Waals surface area contributed by atoms with Crippen molar-refractivity contribution in [2.24, 2.45) is 0 Å². The summed E-state index contributed by atoms with van der Waals surface area (Å²) in [6, 6.07) is 7.22. The Labute approximate surface area is 151 Å². The molecule has 1 atom stereocenters. The maximum Gasteiger partial charge on any atom is 0.233 e. The van der Waals surface area contributed by atoms with E-state index in [2.05, 4.69) is 15.5 Å². The van der Waals surface area contributed by atoms with E-state index in [1.165, 1.54) is 16.4 Å². The van der Waals surface area contributed by atoms with Crippen LogP contribution in [-0.4, -0.2) is 31.6 Å². The number of nitrogen functional groups attached to an aromatic ring is 1. The number of rotatable bonds is 6. The third kappa shape index (κ3) is 4.42. The number of hydrogen-bond acceptors (Lipinski definition) is 5. The van der Waals surface area contributed by atoms with Crippen molar-refractivity contribution in [3.63, 3.8) is 0 Å². The van der Waals surface area contributed by atoms with Gasteiger partial charge in [-0.3, -0.25) is 4.79 Å². The summed E-state index contributed by atoms with van der Waals surface area (Å²) in [5.41, 5.74) is 0.530. The zero-order valence-corrected chi connectivity index (χ0v) is 15.8. The molecule has 2 aromatic rings. The molecule has 0 aliphatic carbocycles. The molecule has 1 amide bonds. The zero-order valence-electron chi connectivity index (χ0n) is 14.2. The number of halogens is 1.